The molecule has 0 spiro atoms. The molecule has 5 heteroatoms. The van der Waals surface area contributed by atoms with E-state index < -0.39 is 0 Å². The highest BCUT2D eigenvalue weighted by atomic mass is 16.3. The van der Waals surface area contributed by atoms with Crippen LogP contribution in [0.2, 0.25) is 0 Å². The van der Waals surface area contributed by atoms with Crippen LogP contribution in [0.4, 0.5) is 5.69 Å². The number of β-amino-alcohol motifs (C(OH)–C–C–N with tert-alkyl or cyclic N) is 1. The third-order valence-electron chi connectivity index (χ3n) is 3.76. The Morgan fingerprint density at radius 3 is 2.42 bits per heavy atom. The van der Waals surface area contributed by atoms with E-state index in [1.807, 2.05) is 24.3 Å². The van der Waals surface area contributed by atoms with Gasteiger partial charge in [0, 0.05) is 25.2 Å². The standard InChI is InChI=1S/C14H16N2O3/c17-11-7-16(8-11)10-3-1-9(2-4-10)12-5-6-13(18)15-14(12)19/h1-4,11-12,17H,5-8H2,(H,15,18,19). The zero-order chi connectivity index (χ0) is 13.4. The zero-order valence-corrected chi connectivity index (χ0v) is 10.5. The Balaban J connectivity index is 1.72. The van der Waals surface area contributed by atoms with Crippen molar-refractivity contribution in [1.29, 1.82) is 0 Å². The first-order chi connectivity index (χ1) is 9.13. The molecule has 2 N–H and O–H groups in total. The second-order valence-corrected chi connectivity index (χ2v) is 5.15. The maximum absolute atomic E-state index is 11.8. The summed E-state index contributed by atoms with van der Waals surface area (Å²) in [5.41, 5.74) is 2.00. The number of imide groups is 1. The number of aliphatic hydroxyl groups excluding tert-OH is 1. The maximum Gasteiger partial charge on any atom is 0.234 e. The number of piperidine rings is 1. The van der Waals surface area contributed by atoms with Gasteiger partial charge >= 0.3 is 0 Å². The number of amides is 2. The lowest BCUT2D eigenvalue weighted by Gasteiger charge is -2.38. The van der Waals surface area contributed by atoms with Crippen LogP contribution in [-0.2, 0) is 9.59 Å². The normalized spacial score (nSPS) is 24.1. The number of anilines is 1. The smallest absolute Gasteiger partial charge is 0.234 e. The topological polar surface area (TPSA) is 69.6 Å². The molecule has 1 unspecified atom stereocenters. The summed E-state index contributed by atoms with van der Waals surface area (Å²) in [4.78, 5) is 24.9. The summed E-state index contributed by atoms with van der Waals surface area (Å²) in [5, 5.41) is 11.6. The van der Waals surface area contributed by atoms with Crippen molar-refractivity contribution in [1.82, 2.24) is 5.32 Å². The molecule has 1 aromatic rings. The molecule has 0 aliphatic carbocycles. The van der Waals surface area contributed by atoms with E-state index in [-0.39, 0.29) is 23.8 Å². The van der Waals surface area contributed by atoms with E-state index in [0.717, 1.165) is 11.3 Å². The summed E-state index contributed by atoms with van der Waals surface area (Å²) in [6.07, 6.45) is 0.748. The predicted molar refractivity (Wildman–Crippen MR) is 69.8 cm³/mol. The summed E-state index contributed by atoms with van der Waals surface area (Å²) in [5.74, 6) is -0.621. The first-order valence-corrected chi connectivity index (χ1v) is 6.50. The zero-order valence-electron chi connectivity index (χ0n) is 10.5. The highest BCUT2D eigenvalue weighted by Gasteiger charge is 2.28. The fourth-order valence-electron chi connectivity index (χ4n) is 2.60. The first kappa shape index (κ1) is 12.2. The Labute approximate surface area is 111 Å². The number of aliphatic hydroxyl groups is 1. The molecule has 2 aliphatic heterocycles. The van der Waals surface area contributed by atoms with Gasteiger partial charge in [-0.15, -0.1) is 0 Å². The minimum atomic E-state index is -0.228. The molecule has 2 saturated heterocycles. The number of nitrogens with one attached hydrogen (secondary N) is 1. The molecule has 0 aromatic heterocycles. The van der Waals surface area contributed by atoms with Crippen LogP contribution in [0, 0.1) is 0 Å². The molecule has 2 aliphatic rings. The number of hydrogen-bond acceptors (Lipinski definition) is 4. The first-order valence-electron chi connectivity index (χ1n) is 6.50. The number of hydrogen-bond donors (Lipinski definition) is 2. The van der Waals surface area contributed by atoms with Crippen molar-refractivity contribution in [2.45, 2.75) is 24.9 Å². The van der Waals surface area contributed by atoms with Crippen molar-refractivity contribution in [3.63, 3.8) is 0 Å². The molecule has 5 nitrogen and oxygen atoms in total. The third-order valence-corrected chi connectivity index (χ3v) is 3.76. The van der Waals surface area contributed by atoms with Crippen molar-refractivity contribution in [2.75, 3.05) is 18.0 Å². The molecule has 1 atom stereocenters. The van der Waals surface area contributed by atoms with E-state index in [4.69, 9.17) is 0 Å². The maximum atomic E-state index is 11.8. The molecule has 19 heavy (non-hydrogen) atoms. The number of nitrogens with zero attached hydrogens (tertiary/aromatic N) is 1. The van der Waals surface area contributed by atoms with Gasteiger partial charge in [0.25, 0.3) is 0 Å². The Kier molecular flexibility index (Phi) is 2.98. The number of carbonyl (C=O) groups is 2. The van der Waals surface area contributed by atoms with Gasteiger partial charge in [-0.25, -0.2) is 0 Å². The summed E-state index contributed by atoms with van der Waals surface area (Å²) < 4.78 is 0. The quantitative estimate of drug-likeness (QED) is 0.755. The SMILES string of the molecule is O=C1CCC(c2ccc(N3CC(O)C3)cc2)C(=O)N1. The highest BCUT2D eigenvalue weighted by molar-refractivity contribution is 6.00. The van der Waals surface area contributed by atoms with Crippen LogP contribution in [0.15, 0.2) is 24.3 Å². The molecule has 0 saturated carbocycles. The van der Waals surface area contributed by atoms with Crippen molar-refractivity contribution in [2.24, 2.45) is 0 Å². The van der Waals surface area contributed by atoms with E-state index in [1.165, 1.54) is 0 Å². The number of rotatable bonds is 2. The Morgan fingerprint density at radius 2 is 1.84 bits per heavy atom. The van der Waals surface area contributed by atoms with Gasteiger partial charge in [-0.1, -0.05) is 12.1 Å². The van der Waals surface area contributed by atoms with E-state index in [0.29, 0.717) is 25.9 Å². The lowest BCUT2D eigenvalue weighted by atomic mass is 9.90. The Hall–Kier alpha value is -1.88. The van der Waals surface area contributed by atoms with Crippen molar-refractivity contribution >= 4 is 17.5 Å². The lowest BCUT2D eigenvalue weighted by molar-refractivity contribution is -0.134. The minimum absolute atomic E-state index is 0.188. The van der Waals surface area contributed by atoms with Gasteiger partial charge in [0.05, 0.1) is 12.0 Å². The van der Waals surface area contributed by atoms with Crippen molar-refractivity contribution in [3.8, 4) is 0 Å². The molecule has 0 bridgehead atoms. The summed E-state index contributed by atoms with van der Waals surface area (Å²) in [7, 11) is 0. The van der Waals surface area contributed by atoms with Gasteiger partial charge in [0.1, 0.15) is 0 Å². The fraction of sp³-hybridized carbons (Fsp3) is 0.429. The molecule has 0 radical (unpaired) electrons. The van der Waals surface area contributed by atoms with Crippen LogP contribution in [0.3, 0.4) is 0 Å². The van der Waals surface area contributed by atoms with Gasteiger partial charge in [-0.3, -0.25) is 14.9 Å². The molecular formula is C14H16N2O3. The average Bonchev–Trinajstić information content (AvgIpc) is 2.36. The predicted octanol–water partition coefficient (Wildman–Crippen LogP) is 0.388. The average molecular weight is 260 g/mol. The second-order valence-electron chi connectivity index (χ2n) is 5.15. The van der Waals surface area contributed by atoms with Crippen molar-refractivity contribution < 1.29 is 14.7 Å². The molecule has 2 amide bonds. The van der Waals surface area contributed by atoms with E-state index >= 15 is 0 Å². The van der Waals surface area contributed by atoms with Crippen LogP contribution in [0.1, 0.15) is 24.3 Å². The van der Waals surface area contributed by atoms with Gasteiger partial charge in [0.2, 0.25) is 11.8 Å². The fourth-order valence-corrected chi connectivity index (χ4v) is 2.60. The molecule has 2 fully saturated rings. The van der Waals surface area contributed by atoms with E-state index in [1.54, 1.807) is 0 Å². The monoisotopic (exact) mass is 260 g/mol. The van der Waals surface area contributed by atoms with Crippen molar-refractivity contribution in [3.05, 3.63) is 29.8 Å². The minimum Gasteiger partial charge on any atom is -0.389 e. The van der Waals surface area contributed by atoms with Gasteiger partial charge in [-0.05, 0) is 24.1 Å². The van der Waals surface area contributed by atoms with E-state index in [9.17, 15) is 14.7 Å². The molecular weight excluding hydrogens is 244 g/mol. The summed E-state index contributed by atoms with van der Waals surface area (Å²) in [6.45, 7) is 1.33. The highest BCUT2D eigenvalue weighted by Crippen LogP contribution is 2.28. The Morgan fingerprint density at radius 1 is 1.16 bits per heavy atom. The van der Waals surface area contributed by atoms with Gasteiger partial charge < -0.3 is 10.0 Å². The van der Waals surface area contributed by atoms with Crippen LogP contribution in [0.5, 0.6) is 0 Å². The Bertz CT molecular complexity index is 506. The van der Waals surface area contributed by atoms with E-state index in [2.05, 4.69) is 10.2 Å². The summed E-state index contributed by atoms with van der Waals surface area (Å²) >= 11 is 0. The molecule has 2 heterocycles. The number of benzene rings is 1. The number of carbonyl (C=O) groups excluding carboxylic acids is 2. The van der Waals surface area contributed by atoms with Crippen LogP contribution < -0.4 is 10.2 Å². The van der Waals surface area contributed by atoms with Crippen LogP contribution in [-0.4, -0.2) is 36.1 Å². The molecule has 1 aromatic carbocycles. The van der Waals surface area contributed by atoms with Crippen LogP contribution in [0.25, 0.3) is 0 Å². The van der Waals surface area contributed by atoms with Crippen LogP contribution >= 0.6 is 0 Å². The molecule has 3 rings (SSSR count). The summed E-state index contributed by atoms with van der Waals surface area (Å²) in [6, 6.07) is 7.79. The molecule has 100 valence electrons. The van der Waals surface area contributed by atoms with Gasteiger partial charge in [0.15, 0.2) is 0 Å². The largest absolute Gasteiger partial charge is 0.389 e. The second kappa shape index (κ2) is 4.66. The lowest BCUT2D eigenvalue weighted by Crippen LogP contribution is -2.50. The van der Waals surface area contributed by atoms with Gasteiger partial charge in [-0.2, -0.15) is 0 Å². The third kappa shape index (κ3) is 2.33.